The Morgan fingerprint density at radius 2 is 0.947 bits per heavy atom. The van der Waals surface area contributed by atoms with Crippen LogP contribution in [0.5, 0.6) is 11.5 Å². The smallest absolute Gasteiger partial charge is 0.261 e. The quantitative estimate of drug-likeness (QED) is 0.0765. The lowest BCUT2D eigenvalue weighted by Crippen LogP contribution is -2.29. The summed E-state index contributed by atoms with van der Waals surface area (Å²) in [7, 11) is 0. The van der Waals surface area contributed by atoms with Crippen molar-refractivity contribution in [3.63, 3.8) is 0 Å². The van der Waals surface area contributed by atoms with Gasteiger partial charge in [-0.3, -0.25) is 29.7 Å². The highest BCUT2D eigenvalue weighted by molar-refractivity contribution is 6.24. The number of H-pyrrole nitrogens is 5. The number of halogens is 3. The number of aromatic hydroxyl groups is 2. The highest BCUT2D eigenvalue weighted by Crippen LogP contribution is 2.41. The third-order valence-corrected chi connectivity index (χ3v) is 18.3. The van der Waals surface area contributed by atoms with Gasteiger partial charge in [0, 0.05) is 128 Å². The summed E-state index contributed by atoms with van der Waals surface area (Å²) in [6.45, 7) is 12.4. The fourth-order valence-corrected chi connectivity index (χ4v) is 13.9. The normalized spacial score (nSPS) is 13.7. The lowest BCUT2D eigenvalue weighted by Gasteiger charge is -2.29. The number of aryl methyl sites for hydroxylation is 4. The van der Waals surface area contributed by atoms with Gasteiger partial charge >= 0.3 is 0 Å². The number of phenolic OH excluding ortho intramolecular Hbond substituents is 2. The summed E-state index contributed by atoms with van der Waals surface area (Å²) in [5.41, 5.74) is 9.67. The van der Waals surface area contributed by atoms with Crippen LogP contribution in [0.3, 0.4) is 0 Å². The summed E-state index contributed by atoms with van der Waals surface area (Å²) in [6, 6.07) is 33.8. The van der Waals surface area contributed by atoms with E-state index in [1.807, 2.05) is 68.7 Å². The minimum Gasteiger partial charge on any atom is -0.508 e. The molecule has 15 aromatic rings. The number of nitrogens with zero attached hydrogens (tertiary/aromatic N) is 9. The van der Waals surface area contributed by atoms with Gasteiger partial charge in [-0.05, 0) is 145 Å². The molecule has 9 aromatic heterocycles. The Balaban J connectivity index is 0.000000117. The molecule has 17 rings (SSSR count). The molecule has 0 bridgehead atoms. The molecule has 0 spiro atoms. The maximum Gasteiger partial charge on any atom is 0.261 e. The molecule has 2 aliphatic rings. The largest absolute Gasteiger partial charge is 0.508 e. The zero-order valence-electron chi connectivity index (χ0n) is 51.6. The molecule has 0 atom stereocenters. The molecule has 0 amide bonds. The van der Waals surface area contributed by atoms with E-state index < -0.39 is 17.5 Å². The Hall–Kier alpha value is -11.4. The standard InChI is InChI=1S/C27H27N5O2.C25H21F2N5O.C20H13FN4O2/c1-3-32-21-15-18(31-13-5-4-6-14-31)9-12-20(21)23-22-16(2)29-30-26(22)28-25(24(23)27(32)34)17-7-10-19(33)11-8-17;1-13-20-21-18-6-5-17(32-7-3-2-4-8-32)12-19(18)28-25(33)22(21)23(29-24(20)31-30-13)14-9-15(26)11-16(27)10-14;1-9-15-16-12-4-2-3-5-14(12)22-20(27)17(16)18(23-19(15)25-24-9)11-7-6-10(26)8-13(11)21/h7-12,15,33H,3-6,13-14H2,1-2H3,(H,28,29,30);5-6,9-12H,2-4,7-8H2,1H3,(H,28,33)(H,29,30,31);2-8,26H,1H3,(H,22,27)(H,23,24,25). The lowest BCUT2D eigenvalue weighted by molar-refractivity contribution is 0.469. The zero-order valence-corrected chi connectivity index (χ0v) is 51.6. The summed E-state index contributed by atoms with van der Waals surface area (Å²) >= 11 is 0. The number of rotatable bonds is 6. The van der Waals surface area contributed by atoms with Crippen LogP contribution in [0.1, 0.15) is 62.5 Å². The number of aromatic nitrogens is 12. The van der Waals surface area contributed by atoms with Gasteiger partial charge < -0.3 is 34.5 Å². The van der Waals surface area contributed by atoms with E-state index in [9.17, 15) is 37.8 Å². The maximum absolute atomic E-state index is 14.6. The number of piperidine rings is 2. The molecule has 6 aromatic carbocycles. The fraction of sp³-hybridized carbons (Fsp3) is 0.208. The van der Waals surface area contributed by atoms with Crippen molar-refractivity contribution in [2.45, 2.75) is 72.8 Å². The molecule has 2 saturated heterocycles. The number of aromatic amines is 5. The highest BCUT2D eigenvalue weighted by Gasteiger charge is 2.26. The van der Waals surface area contributed by atoms with Gasteiger partial charge in [0.05, 0.1) is 60.4 Å². The van der Waals surface area contributed by atoms with Gasteiger partial charge in [0.15, 0.2) is 16.9 Å². The molecule has 0 unspecified atom stereocenters. The van der Waals surface area contributed by atoms with Crippen LogP contribution in [0.2, 0.25) is 0 Å². The van der Waals surface area contributed by atoms with Crippen LogP contribution in [-0.4, -0.2) is 96.5 Å². The average molecular weight is 1260 g/mol. The van der Waals surface area contributed by atoms with Gasteiger partial charge in [-0.1, -0.05) is 30.3 Å². The number of pyridine rings is 6. The summed E-state index contributed by atoms with van der Waals surface area (Å²) in [6.07, 6.45) is 7.22. The minimum absolute atomic E-state index is 0.0566. The summed E-state index contributed by atoms with van der Waals surface area (Å²) in [5, 5.41) is 49.6. The fourth-order valence-electron chi connectivity index (χ4n) is 13.9. The third kappa shape index (κ3) is 10.0. The van der Waals surface area contributed by atoms with Crippen molar-refractivity contribution in [3.05, 3.63) is 187 Å². The lowest BCUT2D eigenvalue weighted by atomic mass is 9.98. The number of fused-ring (bicyclic) bond motifs is 15. The predicted octanol–water partition coefficient (Wildman–Crippen LogP) is 14.1. The zero-order chi connectivity index (χ0) is 64.8. The molecule has 2 aliphatic heterocycles. The Labute approximate surface area is 531 Å². The minimum atomic E-state index is -0.735. The molecule has 0 aliphatic carbocycles. The van der Waals surface area contributed by atoms with Gasteiger partial charge in [0.2, 0.25) is 0 Å². The van der Waals surface area contributed by atoms with E-state index >= 15 is 0 Å². The van der Waals surface area contributed by atoms with Gasteiger partial charge in [-0.15, -0.1) is 0 Å². The van der Waals surface area contributed by atoms with Crippen LogP contribution < -0.4 is 26.5 Å². The molecule has 22 heteroatoms. The molecule has 470 valence electrons. The topological polar surface area (TPSA) is 259 Å². The first-order valence-electron chi connectivity index (χ1n) is 31.3. The molecular formula is C72H61F3N14O5. The second kappa shape index (κ2) is 23.4. The van der Waals surface area contributed by atoms with Crippen LogP contribution in [0.4, 0.5) is 24.5 Å². The number of hydrogen-bond donors (Lipinski definition) is 7. The van der Waals surface area contributed by atoms with E-state index in [2.05, 4.69) is 84.6 Å². The van der Waals surface area contributed by atoms with Crippen LogP contribution in [0.25, 0.3) is 132 Å². The van der Waals surface area contributed by atoms with Crippen molar-refractivity contribution < 1.29 is 23.4 Å². The van der Waals surface area contributed by atoms with Crippen LogP contribution in [-0.2, 0) is 6.54 Å². The second-order valence-corrected chi connectivity index (χ2v) is 24.2. The summed E-state index contributed by atoms with van der Waals surface area (Å²) < 4.78 is 44.5. The first kappa shape index (κ1) is 58.9. The average Bonchev–Trinajstić information content (AvgIpc) is 1.25. The maximum atomic E-state index is 14.6. The molecular weight excluding hydrogens is 1200 g/mol. The highest BCUT2D eigenvalue weighted by atomic mass is 19.1. The number of para-hydroxylation sites is 1. The number of anilines is 2. The van der Waals surface area contributed by atoms with Crippen molar-refractivity contribution in [1.29, 1.82) is 0 Å². The van der Waals surface area contributed by atoms with Crippen molar-refractivity contribution in [2.75, 3.05) is 36.0 Å². The Morgan fingerprint density at radius 3 is 1.52 bits per heavy atom. The van der Waals surface area contributed by atoms with E-state index in [-0.39, 0.29) is 61.5 Å². The van der Waals surface area contributed by atoms with Crippen molar-refractivity contribution in [1.82, 2.24) is 60.1 Å². The van der Waals surface area contributed by atoms with E-state index in [4.69, 9.17) is 4.98 Å². The van der Waals surface area contributed by atoms with Gasteiger partial charge in [0.25, 0.3) is 16.7 Å². The number of nitrogens with one attached hydrogen (secondary N) is 5. The number of phenols is 2. The first-order valence-corrected chi connectivity index (χ1v) is 31.3. The molecule has 0 saturated carbocycles. The van der Waals surface area contributed by atoms with E-state index in [0.29, 0.717) is 56.4 Å². The van der Waals surface area contributed by atoms with Gasteiger partial charge in [-0.2, -0.15) is 15.3 Å². The predicted molar refractivity (Wildman–Crippen MR) is 364 cm³/mol. The Bertz CT molecular complexity index is 5760. The summed E-state index contributed by atoms with van der Waals surface area (Å²) in [4.78, 5) is 64.8. The van der Waals surface area contributed by atoms with Crippen LogP contribution in [0, 0.1) is 38.2 Å². The number of hydrogen-bond acceptors (Lipinski definition) is 13. The van der Waals surface area contributed by atoms with E-state index in [1.54, 1.807) is 24.3 Å². The third-order valence-electron chi connectivity index (χ3n) is 18.3. The van der Waals surface area contributed by atoms with Crippen molar-refractivity contribution in [3.8, 4) is 45.3 Å². The summed E-state index contributed by atoms with van der Waals surface area (Å²) in [5.74, 6) is -2.16. The van der Waals surface area contributed by atoms with Crippen LogP contribution >= 0.6 is 0 Å². The molecule has 94 heavy (non-hydrogen) atoms. The Kier molecular flexibility index (Phi) is 14.6. The van der Waals surface area contributed by atoms with Gasteiger partial charge in [0.1, 0.15) is 29.0 Å². The molecule has 2 fully saturated rings. The molecule has 11 heterocycles. The van der Waals surface area contributed by atoms with E-state index in [0.717, 1.165) is 123 Å². The first-order chi connectivity index (χ1) is 45.6. The monoisotopic (exact) mass is 1260 g/mol. The van der Waals surface area contributed by atoms with E-state index in [1.165, 1.54) is 55.6 Å². The van der Waals surface area contributed by atoms with Crippen molar-refractivity contribution in [2.24, 2.45) is 0 Å². The second-order valence-electron chi connectivity index (χ2n) is 24.2. The van der Waals surface area contributed by atoms with Crippen molar-refractivity contribution >= 4 is 110 Å². The molecule has 0 radical (unpaired) electrons. The van der Waals surface area contributed by atoms with Gasteiger partial charge in [-0.25, -0.2) is 28.1 Å². The Morgan fingerprint density at radius 1 is 0.457 bits per heavy atom. The molecule has 7 N–H and O–H groups in total. The SMILES string of the molecule is CCn1c(=O)c2c(-c3ccc(O)cc3)nc3n[nH]c(C)c3c2c2ccc(N3CCCCC3)cc21.Cc1[nH]nc2nc(-c3cc(F)cc(F)c3)c3c(=O)[nH]c4cc(N5CCCCC5)ccc4c3c12.Cc1[nH]nc2nc(-c3ccc(O)cc3F)c3c(=O)[nH]c4ccccc4c3c12. The van der Waals surface area contributed by atoms with Crippen LogP contribution in [0.15, 0.2) is 136 Å². The number of benzene rings is 6. The molecule has 19 nitrogen and oxygen atoms in total.